The lowest BCUT2D eigenvalue weighted by Gasteiger charge is -2.13. The van der Waals surface area contributed by atoms with E-state index in [1.807, 2.05) is 30.3 Å². The van der Waals surface area contributed by atoms with E-state index >= 15 is 0 Å². The molecule has 0 bridgehead atoms. The lowest BCUT2D eigenvalue weighted by Crippen LogP contribution is -2.23. The van der Waals surface area contributed by atoms with Crippen LogP contribution in [0.1, 0.15) is 10.4 Å². The highest BCUT2D eigenvalue weighted by Crippen LogP contribution is 2.20. The van der Waals surface area contributed by atoms with Gasteiger partial charge in [0.25, 0.3) is 5.91 Å². The summed E-state index contributed by atoms with van der Waals surface area (Å²) in [5.74, 6) is 0.245. The van der Waals surface area contributed by atoms with E-state index in [1.165, 1.54) is 4.90 Å². The Morgan fingerprint density at radius 2 is 1.84 bits per heavy atom. The number of benzene rings is 2. The van der Waals surface area contributed by atoms with Crippen molar-refractivity contribution in [2.24, 2.45) is 0 Å². The molecule has 6 nitrogen and oxygen atoms in total. The van der Waals surface area contributed by atoms with Gasteiger partial charge < -0.3 is 10.1 Å². The Morgan fingerprint density at radius 1 is 1.04 bits per heavy atom. The van der Waals surface area contributed by atoms with Crippen LogP contribution in [0.5, 0.6) is 0 Å². The van der Waals surface area contributed by atoms with Crippen LogP contribution in [0.4, 0.5) is 16.3 Å². The number of nitrogens with one attached hydrogen (secondary N) is 1. The molecule has 6 heteroatoms. The van der Waals surface area contributed by atoms with Gasteiger partial charge >= 0.3 is 6.09 Å². The summed E-state index contributed by atoms with van der Waals surface area (Å²) in [6.07, 6.45) is -0.363. The molecule has 0 spiro atoms. The largest absolute Gasteiger partial charge is 0.447 e. The third-order valence-corrected chi connectivity index (χ3v) is 4.04. The second kappa shape index (κ2) is 6.24. The lowest BCUT2D eigenvalue weighted by molar-refractivity contribution is 0.102. The van der Waals surface area contributed by atoms with Crippen molar-refractivity contribution in [1.82, 2.24) is 4.98 Å². The normalized spacial score (nSPS) is 13.8. The molecule has 0 radical (unpaired) electrons. The van der Waals surface area contributed by atoms with Crippen LogP contribution in [0.25, 0.3) is 10.9 Å². The fraction of sp³-hybridized carbons (Fsp3) is 0.105. The molecule has 1 aromatic heterocycles. The van der Waals surface area contributed by atoms with Crippen LogP contribution in [-0.4, -0.2) is 30.1 Å². The van der Waals surface area contributed by atoms with Crippen molar-refractivity contribution in [3.05, 3.63) is 66.2 Å². The Kier molecular flexibility index (Phi) is 3.78. The zero-order valence-corrected chi connectivity index (χ0v) is 13.3. The van der Waals surface area contributed by atoms with Crippen LogP contribution in [0.15, 0.2) is 60.7 Å². The number of hydrogen-bond donors (Lipinski definition) is 1. The van der Waals surface area contributed by atoms with E-state index in [4.69, 9.17) is 4.74 Å². The predicted octanol–water partition coefficient (Wildman–Crippen LogP) is 3.44. The number of ether oxygens (including phenoxy) is 1. The van der Waals surface area contributed by atoms with Crippen LogP contribution in [0.3, 0.4) is 0 Å². The van der Waals surface area contributed by atoms with Crippen molar-refractivity contribution < 1.29 is 14.3 Å². The fourth-order valence-corrected chi connectivity index (χ4v) is 2.74. The Labute approximate surface area is 144 Å². The van der Waals surface area contributed by atoms with Crippen molar-refractivity contribution >= 4 is 34.4 Å². The fourth-order valence-electron chi connectivity index (χ4n) is 2.74. The van der Waals surface area contributed by atoms with Gasteiger partial charge in [0.1, 0.15) is 12.4 Å². The molecule has 0 aliphatic carbocycles. The number of rotatable bonds is 3. The summed E-state index contributed by atoms with van der Waals surface area (Å²) in [5.41, 5.74) is 2.03. The highest BCUT2D eigenvalue weighted by molar-refractivity contribution is 6.04. The van der Waals surface area contributed by atoms with Crippen LogP contribution in [-0.2, 0) is 4.74 Å². The number of pyridine rings is 1. The summed E-state index contributed by atoms with van der Waals surface area (Å²) in [6, 6.07) is 18.2. The Morgan fingerprint density at radius 3 is 2.60 bits per heavy atom. The SMILES string of the molecule is O=C(Nc1ccc2ccccc2n1)c1ccc(N2CCOC2=O)cc1. The summed E-state index contributed by atoms with van der Waals surface area (Å²) in [4.78, 5) is 29.9. The van der Waals surface area contributed by atoms with Gasteiger partial charge in [0, 0.05) is 16.6 Å². The first-order valence-electron chi connectivity index (χ1n) is 7.92. The molecule has 25 heavy (non-hydrogen) atoms. The van der Waals surface area contributed by atoms with Gasteiger partial charge in [-0.2, -0.15) is 0 Å². The summed E-state index contributed by atoms with van der Waals surface area (Å²) >= 11 is 0. The maximum absolute atomic E-state index is 12.4. The molecule has 1 saturated heterocycles. The van der Waals surface area contributed by atoms with Gasteiger partial charge in [-0.15, -0.1) is 0 Å². The molecule has 1 fully saturated rings. The third-order valence-electron chi connectivity index (χ3n) is 4.04. The van der Waals surface area contributed by atoms with E-state index in [1.54, 1.807) is 30.3 Å². The number of cyclic esters (lactones) is 1. The molecule has 0 unspecified atom stereocenters. The first-order chi connectivity index (χ1) is 12.2. The smallest absolute Gasteiger partial charge is 0.414 e. The number of aromatic nitrogens is 1. The molecule has 2 heterocycles. The van der Waals surface area contributed by atoms with Crippen LogP contribution in [0.2, 0.25) is 0 Å². The zero-order chi connectivity index (χ0) is 17.2. The van der Waals surface area contributed by atoms with E-state index in [9.17, 15) is 9.59 Å². The van der Waals surface area contributed by atoms with E-state index in [0.29, 0.717) is 30.2 Å². The molecule has 2 aromatic carbocycles. The molecule has 1 aliphatic heterocycles. The van der Waals surface area contributed by atoms with Gasteiger partial charge in [-0.3, -0.25) is 9.69 Å². The predicted molar refractivity (Wildman–Crippen MR) is 94.8 cm³/mol. The molecule has 0 saturated carbocycles. The maximum Gasteiger partial charge on any atom is 0.414 e. The number of para-hydroxylation sites is 1. The number of amides is 2. The molecule has 124 valence electrons. The van der Waals surface area contributed by atoms with Crippen molar-refractivity contribution in [3.63, 3.8) is 0 Å². The van der Waals surface area contributed by atoms with E-state index in [0.717, 1.165) is 10.9 Å². The molecule has 1 aliphatic rings. The summed E-state index contributed by atoms with van der Waals surface area (Å²) in [5, 5.41) is 3.81. The highest BCUT2D eigenvalue weighted by atomic mass is 16.6. The van der Waals surface area contributed by atoms with Gasteiger partial charge in [-0.25, -0.2) is 9.78 Å². The Hall–Kier alpha value is -3.41. The molecule has 1 N–H and O–H groups in total. The quantitative estimate of drug-likeness (QED) is 0.797. The standard InChI is InChI=1S/C19H15N3O3/c23-18(21-17-10-7-13-3-1-2-4-16(13)20-17)14-5-8-15(9-6-14)22-11-12-25-19(22)24/h1-10H,11-12H2,(H,20,21,23). The zero-order valence-electron chi connectivity index (χ0n) is 13.3. The summed E-state index contributed by atoms with van der Waals surface area (Å²) in [6.45, 7) is 0.903. The minimum absolute atomic E-state index is 0.252. The topological polar surface area (TPSA) is 71.5 Å². The van der Waals surface area contributed by atoms with Gasteiger partial charge in [0.05, 0.1) is 12.1 Å². The van der Waals surface area contributed by atoms with Crippen molar-refractivity contribution in [2.45, 2.75) is 0 Å². The van der Waals surface area contributed by atoms with Crippen molar-refractivity contribution in [1.29, 1.82) is 0 Å². The molecular weight excluding hydrogens is 318 g/mol. The maximum atomic E-state index is 12.4. The van der Waals surface area contributed by atoms with E-state index in [2.05, 4.69) is 10.3 Å². The second-order valence-electron chi connectivity index (χ2n) is 5.66. The van der Waals surface area contributed by atoms with Gasteiger partial charge in [-0.05, 0) is 42.5 Å². The van der Waals surface area contributed by atoms with Gasteiger partial charge in [0.2, 0.25) is 0 Å². The van der Waals surface area contributed by atoms with E-state index < -0.39 is 0 Å². The minimum Gasteiger partial charge on any atom is -0.447 e. The average Bonchev–Trinajstić information content (AvgIpc) is 3.08. The monoisotopic (exact) mass is 333 g/mol. The van der Waals surface area contributed by atoms with Crippen molar-refractivity contribution in [2.75, 3.05) is 23.4 Å². The van der Waals surface area contributed by atoms with Gasteiger partial charge in [-0.1, -0.05) is 18.2 Å². The molecule has 2 amide bonds. The number of hydrogen-bond acceptors (Lipinski definition) is 4. The lowest BCUT2D eigenvalue weighted by atomic mass is 10.2. The number of anilines is 2. The number of nitrogens with zero attached hydrogens (tertiary/aromatic N) is 2. The third kappa shape index (κ3) is 3.01. The molecule has 0 atom stereocenters. The summed E-state index contributed by atoms with van der Waals surface area (Å²) in [7, 11) is 0. The molecular formula is C19H15N3O3. The highest BCUT2D eigenvalue weighted by Gasteiger charge is 2.23. The van der Waals surface area contributed by atoms with Crippen LogP contribution >= 0.6 is 0 Å². The Balaban J connectivity index is 1.51. The number of fused-ring (bicyclic) bond motifs is 1. The average molecular weight is 333 g/mol. The number of carbonyl (C=O) groups is 2. The van der Waals surface area contributed by atoms with Crippen LogP contribution < -0.4 is 10.2 Å². The number of carbonyl (C=O) groups excluding carboxylic acids is 2. The first kappa shape index (κ1) is 15.1. The van der Waals surface area contributed by atoms with Crippen molar-refractivity contribution in [3.8, 4) is 0 Å². The summed E-state index contributed by atoms with van der Waals surface area (Å²) < 4.78 is 4.91. The van der Waals surface area contributed by atoms with Gasteiger partial charge in [0.15, 0.2) is 0 Å². The van der Waals surface area contributed by atoms with E-state index in [-0.39, 0.29) is 12.0 Å². The first-order valence-corrected chi connectivity index (χ1v) is 7.92. The second-order valence-corrected chi connectivity index (χ2v) is 5.66. The Bertz CT molecular complexity index is 954. The molecule has 3 aromatic rings. The van der Waals surface area contributed by atoms with Crippen LogP contribution in [0, 0.1) is 0 Å². The minimum atomic E-state index is -0.363. The molecule has 4 rings (SSSR count).